The van der Waals surface area contributed by atoms with E-state index >= 15 is 0 Å². The van der Waals surface area contributed by atoms with E-state index in [4.69, 9.17) is 10.00 Å². The first-order valence-corrected chi connectivity index (χ1v) is 6.18. The maximum atomic E-state index is 13.4. The third-order valence-corrected chi connectivity index (χ3v) is 3.47. The van der Waals surface area contributed by atoms with E-state index in [0.717, 1.165) is 6.42 Å². The van der Waals surface area contributed by atoms with Crippen LogP contribution in [0.25, 0.3) is 0 Å². The number of halogens is 1. The molecule has 1 aliphatic carbocycles. The summed E-state index contributed by atoms with van der Waals surface area (Å²) < 4.78 is 19.0. The molecule has 0 spiro atoms. The second-order valence-corrected chi connectivity index (χ2v) is 4.66. The van der Waals surface area contributed by atoms with Crippen molar-refractivity contribution in [2.45, 2.75) is 12.3 Å². The van der Waals surface area contributed by atoms with Crippen LogP contribution < -0.4 is 4.74 Å². The Morgan fingerprint density at radius 3 is 2.84 bits per heavy atom. The minimum absolute atomic E-state index is 0.0429. The number of rotatable bonds is 3. The molecule has 3 rings (SSSR count). The van der Waals surface area contributed by atoms with E-state index in [-0.39, 0.29) is 5.56 Å². The molecule has 1 unspecified atom stereocenters. The first-order valence-electron chi connectivity index (χ1n) is 6.18. The second-order valence-electron chi connectivity index (χ2n) is 4.66. The number of hydrogen-bond donors (Lipinski definition) is 0. The molecule has 1 atom stereocenters. The van der Waals surface area contributed by atoms with Crippen LogP contribution in [0.1, 0.15) is 22.6 Å². The molecule has 0 saturated heterocycles. The predicted molar refractivity (Wildman–Crippen MR) is 69.5 cm³/mol. The molecule has 0 heterocycles. The highest BCUT2D eigenvalue weighted by Crippen LogP contribution is 2.35. The molecule has 2 aromatic carbocycles. The highest BCUT2D eigenvalue weighted by Gasteiger charge is 2.25. The van der Waals surface area contributed by atoms with Crippen LogP contribution in [0.4, 0.5) is 4.39 Å². The highest BCUT2D eigenvalue weighted by molar-refractivity contribution is 5.40. The zero-order chi connectivity index (χ0) is 13.2. The average Bonchev–Trinajstić information content (AvgIpc) is 2.40. The van der Waals surface area contributed by atoms with Crippen molar-refractivity contribution in [1.82, 2.24) is 0 Å². The number of benzene rings is 2. The Bertz CT molecular complexity index is 660. The SMILES string of the molecule is N#Cc1ccc(OCC2Cc3ccccc32)cc1F. The third kappa shape index (κ3) is 2.17. The first kappa shape index (κ1) is 11.7. The summed E-state index contributed by atoms with van der Waals surface area (Å²) in [6, 6.07) is 14.4. The predicted octanol–water partition coefficient (Wildman–Crippen LogP) is 3.42. The maximum Gasteiger partial charge on any atom is 0.144 e. The van der Waals surface area contributed by atoms with Gasteiger partial charge in [-0.25, -0.2) is 4.39 Å². The van der Waals surface area contributed by atoms with E-state index < -0.39 is 5.82 Å². The zero-order valence-electron chi connectivity index (χ0n) is 10.3. The minimum Gasteiger partial charge on any atom is -0.493 e. The molecule has 0 radical (unpaired) electrons. The monoisotopic (exact) mass is 253 g/mol. The number of fused-ring (bicyclic) bond motifs is 1. The van der Waals surface area contributed by atoms with Gasteiger partial charge in [0.15, 0.2) is 0 Å². The van der Waals surface area contributed by atoms with Crippen molar-refractivity contribution in [3.05, 3.63) is 65.0 Å². The Labute approximate surface area is 111 Å². The van der Waals surface area contributed by atoms with Crippen molar-refractivity contribution in [3.8, 4) is 11.8 Å². The van der Waals surface area contributed by atoms with E-state index in [9.17, 15) is 4.39 Å². The summed E-state index contributed by atoms with van der Waals surface area (Å²) in [5.41, 5.74) is 2.72. The maximum absolute atomic E-state index is 13.4. The van der Waals surface area contributed by atoms with Crippen molar-refractivity contribution in [1.29, 1.82) is 5.26 Å². The van der Waals surface area contributed by atoms with E-state index in [2.05, 4.69) is 12.1 Å². The summed E-state index contributed by atoms with van der Waals surface area (Å²) in [7, 11) is 0. The lowest BCUT2D eigenvalue weighted by Gasteiger charge is -2.29. The summed E-state index contributed by atoms with van der Waals surface area (Å²) in [5, 5.41) is 8.65. The van der Waals surface area contributed by atoms with Crippen LogP contribution in [0.5, 0.6) is 5.75 Å². The topological polar surface area (TPSA) is 33.0 Å². The molecule has 2 aromatic rings. The van der Waals surface area contributed by atoms with Gasteiger partial charge in [0.25, 0.3) is 0 Å². The molecule has 19 heavy (non-hydrogen) atoms. The molecule has 0 aromatic heterocycles. The van der Waals surface area contributed by atoms with Crippen LogP contribution in [0, 0.1) is 17.1 Å². The largest absolute Gasteiger partial charge is 0.493 e. The first-order chi connectivity index (χ1) is 9.28. The Morgan fingerprint density at radius 2 is 2.11 bits per heavy atom. The lowest BCUT2D eigenvalue weighted by molar-refractivity contribution is 0.274. The molecule has 0 fully saturated rings. The van der Waals surface area contributed by atoms with Crippen LogP contribution in [-0.2, 0) is 6.42 Å². The van der Waals surface area contributed by atoms with Crippen LogP contribution in [0.3, 0.4) is 0 Å². The Kier molecular flexibility index (Phi) is 2.92. The van der Waals surface area contributed by atoms with E-state index in [1.165, 1.54) is 23.3 Å². The van der Waals surface area contributed by atoms with Crippen LogP contribution in [0.2, 0.25) is 0 Å². The molecule has 1 aliphatic rings. The van der Waals surface area contributed by atoms with Gasteiger partial charge in [0.05, 0.1) is 12.2 Å². The van der Waals surface area contributed by atoms with Gasteiger partial charge in [0.1, 0.15) is 17.6 Å². The van der Waals surface area contributed by atoms with Crippen LogP contribution in [0.15, 0.2) is 42.5 Å². The summed E-state index contributed by atoms with van der Waals surface area (Å²) in [5.74, 6) is 0.324. The quantitative estimate of drug-likeness (QED) is 0.839. The van der Waals surface area contributed by atoms with Gasteiger partial charge in [0.2, 0.25) is 0 Å². The molecule has 0 aliphatic heterocycles. The van der Waals surface area contributed by atoms with Gasteiger partial charge in [-0.1, -0.05) is 24.3 Å². The fraction of sp³-hybridized carbons (Fsp3) is 0.188. The minimum atomic E-state index is -0.533. The van der Waals surface area contributed by atoms with E-state index in [0.29, 0.717) is 18.3 Å². The molecule has 94 valence electrons. The lowest BCUT2D eigenvalue weighted by Crippen LogP contribution is -2.23. The Morgan fingerprint density at radius 1 is 1.26 bits per heavy atom. The van der Waals surface area contributed by atoms with Crippen LogP contribution >= 0.6 is 0 Å². The molecule has 0 saturated carbocycles. The molecular formula is C16H12FNO. The van der Waals surface area contributed by atoms with Gasteiger partial charge in [-0.15, -0.1) is 0 Å². The molecule has 0 bridgehead atoms. The summed E-state index contributed by atoms with van der Waals surface area (Å²) in [6.07, 6.45) is 1.01. The van der Waals surface area contributed by atoms with Gasteiger partial charge in [-0.2, -0.15) is 5.26 Å². The summed E-state index contributed by atoms with van der Waals surface area (Å²) >= 11 is 0. The average molecular weight is 253 g/mol. The van der Waals surface area contributed by atoms with Crippen molar-refractivity contribution < 1.29 is 9.13 Å². The number of nitriles is 1. The van der Waals surface area contributed by atoms with Gasteiger partial charge < -0.3 is 4.74 Å². The van der Waals surface area contributed by atoms with Gasteiger partial charge in [-0.3, -0.25) is 0 Å². The smallest absolute Gasteiger partial charge is 0.144 e. The molecular weight excluding hydrogens is 241 g/mol. The normalized spacial score (nSPS) is 16.1. The van der Waals surface area contributed by atoms with Crippen LogP contribution in [-0.4, -0.2) is 6.61 Å². The summed E-state index contributed by atoms with van der Waals surface area (Å²) in [6.45, 7) is 0.544. The molecule has 0 N–H and O–H groups in total. The third-order valence-electron chi connectivity index (χ3n) is 3.47. The van der Waals surface area contributed by atoms with Gasteiger partial charge in [-0.05, 0) is 29.7 Å². The number of nitrogens with zero attached hydrogens (tertiary/aromatic N) is 1. The Balaban J connectivity index is 1.66. The Hall–Kier alpha value is -2.34. The molecule has 3 heteroatoms. The number of hydrogen-bond acceptors (Lipinski definition) is 2. The van der Waals surface area contributed by atoms with E-state index in [1.807, 2.05) is 12.1 Å². The molecule has 0 amide bonds. The van der Waals surface area contributed by atoms with Gasteiger partial charge in [0, 0.05) is 12.0 Å². The van der Waals surface area contributed by atoms with Crippen molar-refractivity contribution in [2.75, 3.05) is 6.61 Å². The van der Waals surface area contributed by atoms with Crippen molar-refractivity contribution in [3.63, 3.8) is 0 Å². The summed E-state index contributed by atoms with van der Waals surface area (Å²) in [4.78, 5) is 0. The second kappa shape index (κ2) is 4.74. The fourth-order valence-electron chi connectivity index (χ4n) is 2.38. The highest BCUT2D eigenvalue weighted by atomic mass is 19.1. The fourth-order valence-corrected chi connectivity index (χ4v) is 2.38. The van der Waals surface area contributed by atoms with Crippen molar-refractivity contribution in [2.24, 2.45) is 0 Å². The number of ether oxygens (including phenoxy) is 1. The van der Waals surface area contributed by atoms with Crippen molar-refractivity contribution >= 4 is 0 Å². The zero-order valence-corrected chi connectivity index (χ0v) is 10.3. The standard InChI is InChI=1S/C16H12FNO/c17-16-8-14(6-5-12(16)9-18)19-10-13-7-11-3-1-2-4-15(11)13/h1-6,8,13H,7,10H2. The lowest BCUT2D eigenvalue weighted by atomic mass is 9.78. The van der Waals surface area contributed by atoms with E-state index in [1.54, 1.807) is 12.1 Å². The molecule has 2 nitrogen and oxygen atoms in total. The van der Waals surface area contributed by atoms with Gasteiger partial charge >= 0.3 is 0 Å².